The molecule has 0 aromatic rings. The van der Waals surface area contributed by atoms with Gasteiger partial charge in [-0.2, -0.15) is 0 Å². The Morgan fingerprint density at radius 2 is 1.14 bits per heavy atom. The number of hydrogen-bond donors (Lipinski definition) is 0. The van der Waals surface area contributed by atoms with Gasteiger partial charge in [0, 0.05) is 27.5 Å². The summed E-state index contributed by atoms with van der Waals surface area (Å²) in [6, 6.07) is 0. The van der Waals surface area contributed by atoms with E-state index in [9.17, 15) is 0 Å². The topological polar surface area (TPSA) is 80.3 Å². The van der Waals surface area contributed by atoms with Crippen LogP contribution in [-0.2, 0) is 44.5 Å². The molecule has 0 aliphatic carbocycles. The third kappa shape index (κ3) is 202. The fraction of sp³-hybridized carbons (Fsp3) is 0. The molecule has 0 aliphatic rings. The maximum Gasteiger partial charge on any atom is 2.00 e. The summed E-state index contributed by atoms with van der Waals surface area (Å²) in [6.07, 6.45) is 0. The smallest absolute Gasteiger partial charge is 0.759 e. The summed E-state index contributed by atoms with van der Waals surface area (Å²) in [5.41, 5.74) is 0. The molecule has 7 heteroatoms. The molecule has 0 aromatic heterocycles. The van der Waals surface area contributed by atoms with Gasteiger partial charge in [0.1, 0.15) is 0 Å². The van der Waals surface area contributed by atoms with Crippen molar-refractivity contribution in [2.45, 2.75) is 0 Å². The van der Waals surface area contributed by atoms with Crippen molar-refractivity contribution >= 4 is 10.4 Å². The molecule has 0 saturated heterocycles. The van der Waals surface area contributed by atoms with Crippen molar-refractivity contribution in [3.05, 3.63) is 0 Å². The number of rotatable bonds is 0. The summed E-state index contributed by atoms with van der Waals surface area (Å²) in [7, 11) is -5.17. The Labute approximate surface area is 62.2 Å². The van der Waals surface area contributed by atoms with Gasteiger partial charge >= 0.3 is 17.1 Å². The molecule has 0 unspecified atom stereocenters. The van der Waals surface area contributed by atoms with E-state index >= 15 is 0 Å². The van der Waals surface area contributed by atoms with E-state index in [2.05, 4.69) is 0 Å². The van der Waals surface area contributed by atoms with E-state index < -0.39 is 10.4 Å². The molecular formula is CuMnO4S. The monoisotopic (exact) mass is 214 g/mol. The fourth-order valence-electron chi connectivity index (χ4n) is 0. The van der Waals surface area contributed by atoms with E-state index in [-0.39, 0.29) is 34.1 Å². The predicted molar refractivity (Wildman–Crippen MR) is 10.5 cm³/mol. The third-order valence-electron chi connectivity index (χ3n) is 0. The van der Waals surface area contributed by atoms with Gasteiger partial charge in [0.15, 0.2) is 0 Å². The zero-order valence-electron chi connectivity index (χ0n) is 2.72. The van der Waals surface area contributed by atoms with Crippen molar-refractivity contribution in [3.8, 4) is 0 Å². The van der Waals surface area contributed by atoms with Crippen molar-refractivity contribution in [3.63, 3.8) is 0 Å². The predicted octanol–water partition coefficient (Wildman–Crippen LogP) is -1.34. The van der Waals surface area contributed by atoms with E-state index in [4.69, 9.17) is 17.5 Å². The van der Waals surface area contributed by atoms with Gasteiger partial charge in [0.2, 0.25) is 0 Å². The first-order valence-electron chi connectivity index (χ1n) is 0.667. The van der Waals surface area contributed by atoms with Crippen LogP contribution in [-0.4, -0.2) is 17.5 Å². The van der Waals surface area contributed by atoms with Crippen molar-refractivity contribution in [1.82, 2.24) is 0 Å². The Hall–Kier alpha value is 0.909. The zero-order chi connectivity index (χ0) is 4.50. The molecule has 0 aliphatic heterocycles. The molecule has 0 fully saturated rings. The quantitative estimate of drug-likeness (QED) is 0.284. The SMILES string of the molecule is O=S(=O)([O-])[O-].[Cu+2].[Mn]. The maximum absolute atomic E-state index is 8.52. The minimum Gasteiger partial charge on any atom is -0.759 e. The molecule has 7 heavy (non-hydrogen) atoms. The van der Waals surface area contributed by atoms with Crippen LogP contribution in [0.1, 0.15) is 0 Å². The van der Waals surface area contributed by atoms with Gasteiger partial charge in [-0.15, -0.1) is 0 Å². The summed E-state index contributed by atoms with van der Waals surface area (Å²) in [5.74, 6) is 0. The van der Waals surface area contributed by atoms with E-state index in [1.165, 1.54) is 0 Å². The summed E-state index contributed by atoms with van der Waals surface area (Å²) in [5, 5.41) is 0. The van der Waals surface area contributed by atoms with Crippen molar-refractivity contribution in [2.75, 3.05) is 0 Å². The first-order chi connectivity index (χ1) is 2.00. The summed E-state index contributed by atoms with van der Waals surface area (Å²) in [4.78, 5) is 0. The Morgan fingerprint density at radius 3 is 1.14 bits per heavy atom. The van der Waals surface area contributed by atoms with Crippen molar-refractivity contribution in [1.29, 1.82) is 0 Å². The molecule has 0 saturated carbocycles. The minimum atomic E-state index is -5.17. The Morgan fingerprint density at radius 1 is 1.14 bits per heavy atom. The minimum absolute atomic E-state index is 0. The van der Waals surface area contributed by atoms with Gasteiger partial charge in [-0.05, 0) is 0 Å². The van der Waals surface area contributed by atoms with Gasteiger partial charge in [0.05, 0.1) is 0 Å². The molecule has 0 rings (SSSR count). The Balaban J connectivity index is -0.0000000800. The van der Waals surface area contributed by atoms with Crippen LogP contribution in [0.15, 0.2) is 0 Å². The van der Waals surface area contributed by atoms with E-state index in [1.54, 1.807) is 0 Å². The van der Waals surface area contributed by atoms with Crippen LogP contribution in [0, 0.1) is 0 Å². The zero-order valence-corrected chi connectivity index (χ0v) is 5.66. The summed E-state index contributed by atoms with van der Waals surface area (Å²) < 4.78 is 34.1. The summed E-state index contributed by atoms with van der Waals surface area (Å²) in [6.45, 7) is 0. The maximum atomic E-state index is 8.52. The van der Waals surface area contributed by atoms with Gasteiger partial charge in [0.25, 0.3) is 0 Å². The molecule has 0 amide bonds. The van der Waals surface area contributed by atoms with Crippen LogP contribution in [0.3, 0.4) is 0 Å². The standard InChI is InChI=1S/Cu.Mn.H2O4S/c;;1-5(2,3)4/h;;(H2,1,2,3,4)/q+2;;/p-2. The third-order valence-corrected chi connectivity index (χ3v) is 0. The molecule has 0 atom stereocenters. The van der Waals surface area contributed by atoms with E-state index in [1.807, 2.05) is 0 Å². The largest absolute Gasteiger partial charge is 2.00 e. The number of hydrogen-bond acceptors (Lipinski definition) is 4. The molecule has 0 spiro atoms. The van der Waals surface area contributed by atoms with Gasteiger partial charge < -0.3 is 9.11 Å². The first-order valence-corrected chi connectivity index (χ1v) is 2.00. The molecule has 0 N–H and O–H groups in total. The molecule has 4 nitrogen and oxygen atoms in total. The second kappa shape index (κ2) is 5.05. The van der Waals surface area contributed by atoms with Crippen LogP contribution in [0.5, 0.6) is 0 Å². The van der Waals surface area contributed by atoms with E-state index in [0.29, 0.717) is 0 Å². The van der Waals surface area contributed by atoms with Crippen LogP contribution < -0.4 is 0 Å². The van der Waals surface area contributed by atoms with Crippen molar-refractivity contribution < 1.29 is 51.7 Å². The fourth-order valence-corrected chi connectivity index (χ4v) is 0. The Kier molecular flexibility index (Phi) is 11.3. The second-order valence-corrected chi connectivity index (χ2v) is 1.22. The first kappa shape index (κ1) is 15.7. The molecule has 2 radical (unpaired) electrons. The average Bonchev–Trinajstić information content (AvgIpc) is 0.722. The van der Waals surface area contributed by atoms with Crippen LogP contribution in [0.2, 0.25) is 0 Å². The van der Waals surface area contributed by atoms with Gasteiger partial charge in [-0.3, -0.25) is 8.42 Å². The average molecular weight is 215 g/mol. The van der Waals surface area contributed by atoms with Crippen LogP contribution in [0.4, 0.5) is 0 Å². The van der Waals surface area contributed by atoms with Gasteiger partial charge in [-0.25, -0.2) is 0 Å². The van der Waals surface area contributed by atoms with Gasteiger partial charge in [-0.1, -0.05) is 0 Å². The normalized spacial score (nSPS) is 8.29. The second-order valence-electron chi connectivity index (χ2n) is 0.408. The molecule has 0 bridgehead atoms. The molecule has 0 aromatic carbocycles. The molecular weight excluding hydrogens is 215 g/mol. The Bertz CT molecular complexity index is 94.9. The van der Waals surface area contributed by atoms with E-state index in [0.717, 1.165) is 0 Å². The van der Waals surface area contributed by atoms with Crippen LogP contribution in [0.25, 0.3) is 0 Å². The molecule has 48 valence electrons. The van der Waals surface area contributed by atoms with Crippen LogP contribution >= 0.6 is 0 Å². The summed E-state index contributed by atoms with van der Waals surface area (Å²) >= 11 is 0. The molecule has 0 heterocycles. The van der Waals surface area contributed by atoms with Crippen molar-refractivity contribution in [2.24, 2.45) is 0 Å².